The molecule has 3 aromatic rings. The van der Waals surface area contributed by atoms with Crippen molar-refractivity contribution in [2.45, 2.75) is 33.5 Å². The molecule has 0 atom stereocenters. The minimum Gasteiger partial charge on any atom is -0.491 e. The summed E-state index contributed by atoms with van der Waals surface area (Å²) in [6, 6.07) is 10.3. The third kappa shape index (κ3) is 6.80. The number of ether oxygens (including phenoxy) is 2. The van der Waals surface area contributed by atoms with Crippen molar-refractivity contribution in [2.75, 3.05) is 20.3 Å². The van der Waals surface area contributed by atoms with E-state index in [2.05, 4.69) is 51.3 Å². The molecule has 0 saturated carbocycles. The molecule has 0 aliphatic rings. The standard InChI is InChI=1S/C22H30N6O2S/c1-16-7-8-18(20(12-16)30-10-9-29-4)13-23-22(24-14-19-6-5-11-31-19)25-15-21-27-26-17(2)28(21)3/h5-8,11-12H,9-10,13-15H2,1-4H3,(H2,23,24,25). The molecule has 2 aromatic heterocycles. The summed E-state index contributed by atoms with van der Waals surface area (Å²) in [5.74, 6) is 3.26. The first kappa shape index (κ1) is 22.8. The summed E-state index contributed by atoms with van der Waals surface area (Å²) in [5, 5.41) is 17.2. The van der Waals surface area contributed by atoms with Crippen LogP contribution in [0.25, 0.3) is 0 Å². The van der Waals surface area contributed by atoms with E-state index < -0.39 is 0 Å². The molecule has 0 radical (unpaired) electrons. The summed E-state index contributed by atoms with van der Waals surface area (Å²) in [6.45, 7) is 6.75. The van der Waals surface area contributed by atoms with E-state index in [1.54, 1.807) is 18.4 Å². The van der Waals surface area contributed by atoms with Crippen molar-refractivity contribution in [3.8, 4) is 5.75 Å². The van der Waals surface area contributed by atoms with Crippen LogP contribution in [0.15, 0.2) is 40.7 Å². The van der Waals surface area contributed by atoms with E-state index in [1.165, 1.54) is 4.88 Å². The zero-order chi connectivity index (χ0) is 22.1. The normalized spacial score (nSPS) is 11.5. The predicted molar refractivity (Wildman–Crippen MR) is 123 cm³/mol. The van der Waals surface area contributed by atoms with E-state index in [0.29, 0.717) is 38.8 Å². The van der Waals surface area contributed by atoms with Gasteiger partial charge in [-0.25, -0.2) is 4.99 Å². The third-order valence-electron chi connectivity index (χ3n) is 4.78. The molecule has 8 nitrogen and oxygen atoms in total. The summed E-state index contributed by atoms with van der Waals surface area (Å²) in [6.07, 6.45) is 0. The van der Waals surface area contributed by atoms with Gasteiger partial charge in [-0.15, -0.1) is 21.5 Å². The highest BCUT2D eigenvalue weighted by atomic mass is 32.1. The van der Waals surface area contributed by atoms with Gasteiger partial charge in [0, 0.05) is 24.6 Å². The Hall–Kier alpha value is -2.91. The van der Waals surface area contributed by atoms with Crippen LogP contribution in [-0.4, -0.2) is 41.0 Å². The number of hydrogen-bond donors (Lipinski definition) is 2. The van der Waals surface area contributed by atoms with Gasteiger partial charge in [0.15, 0.2) is 11.8 Å². The van der Waals surface area contributed by atoms with Gasteiger partial charge in [0.05, 0.1) is 26.2 Å². The van der Waals surface area contributed by atoms with E-state index in [0.717, 1.165) is 28.5 Å². The Morgan fingerprint density at radius 1 is 1.13 bits per heavy atom. The highest BCUT2D eigenvalue weighted by Gasteiger charge is 2.08. The Labute approximate surface area is 187 Å². The first-order chi connectivity index (χ1) is 15.1. The van der Waals surface area contributed by atoms with Gasteiger partial charge in [-0.2, -0.15) is 0 Å². The Balaban J connectivity index is 1.72. The van der Waals surface area contributed by atoms with Crippen LogP contribution in [0, 0.1) is 13.8 Å². The number of aliphatic imine (C=N–C) groups is 1. The van der Waals surface area contributed by atoms with Crippen LogP contribution in [-0.2, 0) is 31.4 Å². The summed E-state index contributed by atoms with van der Waals surface area (Å²) >= 11 is 1.71. The zero-order valence-electron chi connectivity index (χ0n) is 18.5. The Morgan fingerprint density at radius 3 is 2.68 bits per heavy atom. The minimum atomic E-state index is 0.486. The summed E-state index contributed by atoms with van der Waals surface area (Å²) in [7, 11) is 3.62. The molecule has 0 saturated heterocycles. The molecule has 0 spiro atoms. The van der Waals surface area contributed by atoms with E-state index >= 15 is 0 Å². The lowest BCUT2D eigenvalue weighted by atomic mass is 10.1. The van der Waals surface area contributed by atoms with Gasteiger partial charge >= 0.3 is 0 Å². The molecular formula is C22H30N6O2S. The van der Waals surface area contributed by atoms with Crippen molar-refractivity contribution >= 4 is 17.3 Å². The molecule has 0 aliphatic carbocycles. The molecule has 0 amide bonds. The average Bonchev–Trinajstić information content (AvgIpc) is 3.39. The number of hydrogen-bond acceptors (Lipinski definition) is 6. The van der Waals surface area contributed by atoms with Crippen LogP contribution < -0.4 is 15.4 Å². The number of nitrogens with one attached hydrogen (secondary N) is 2. The molecule has 0 fully saturated rings. The molecule has 9 heteroatoms. The Morgan fingerprint density at radius 2 is 1.97 bits per heavy atom. The molecule has 1 aromatic carbocycles. The molecular weight excluding hydrogens is 412 g/mol. The van der Waals surface area contributed by atoms with Gasteiger partial charge in [-0.05, 0) is 36.9 Å². The summed E-state index contributed by atoms with van der Waals surface area (Å²) < 4.78 is 13.0. The maximum atomic E-state index is 5.90. The number of aryl methyl sites for hydroxylation is 2. The van der Waals surface area contributed by atoms with Gasteiger partial charge in [0.1, 0.15) is 18.2 Å². The highest BCUT2D eigenvalue weighted by Crippen LogP contribution is 2.21. The Bertz CT molecular complexity index is 984. The first-order valence-electron chi connectivity index (χ1n) is 10.2. The second-order valence-electron chi connectivity index (χ2n) is 7.13. The van der Waals surface area contributed by atoms with E-state index in [1.807, 2.05) is 30.7 Å². The lowest BCUT2D eigenvalue weighted by Crippen LogP contribution is -2.37. The molecule has 0 bridgehead atoms. The molecule has 0 unspecified atom stereocenters. The second-order valence-corrected chi connectivity index (χ2v) is 8.16. The maximum Gasteiger partial charge on any atom is 0.192 e. The van der Waals surface area contributed by atoms with Gasteiger partial charge in [0.25, 0.3) is 0 Å². The van der Waals surface area contributed by atoms with Crippen LogP contribution >= 0.6 is 11.3 Å². The van der Waals surface area contributed by atoms with Gasteiger partial charge in [0.2, 0.25) is 0 Å². The molecule has 2 N–H and O–H groups in total. The van der Waals surface area contributed by atoms with Crippen molar-refractivity contribution in [1.29, 1.82) is 0 Å². The third-order valence-corrected chi connectivity index (χ3v) is 5.66. The lowest BCUT2D eigenvalue weighted by molar-refractivity contribution is 0.145. The largest absolute Gasteiger partial charge is 0.491 e. The molecule has 0 aliphatic heterocycles. The van der Waals surface area contributed by atoms with Gasteiger partial charge in [-0.3, -0.25) is 0 Å². The predicted octanol–water partition coefficient (Wildman–Crippen LogP) is 2.95. The fourth-order valence-corrected chi connectivity index (χ4v) is 3.50. The highest BCUT2D eigenvalue weighted by molar-refractivity contribution is 7.09. The summed E-state index contributed by atoms with van der Waals surface area (Å²) in [4.78, 5) is 6.03. The van der Waals surface area contributed by atoms with Crippen LogP contribution in [0.3, 0.4) is 0 Å². The number of methoxy groups -OCH3 is 1. The number of rotatable bonds is 10. The van der Waals surface area contributed by atoms with E-state index in [9.17, 15) is 0 Å². The van der Waals surface area contributed by atoms with Crippen LogP contribution in [0.1, 0.15) is 27.7 Å². The number of nitrogens with zero attached hydrogens (tertiary/aromatic N) is 4. The fourth-order valence-electron chi connectivity index (χ4n) is 2.85. The molecule has 3 rings (SSSR count). The monoisotopic (exact) mass is 442 g/mol. The number of thiophene rings is 1. The fraction of sp³-hybridized carbons (Fsp3) is 0.409. The Kier molecular flexibility index (Phi) is 8.43. The SMILES string of the molecule is COCCOc1cc(C)ccc1CN=C(NCc1cccs1)NCc1nnc(C)n1C. The number of guanidine groups is 1. The molecule has 31 heavy (non-hydrogen) atoms. The lowest BCUT2D eigenvalue weighted by Gasteiger charge is -2.14. The van der Waals surface area contributed by atoms with Gasteiger partial charge in [-0.1, -0.05) is 18.2 Å². The van der Waals surface area contributed by atoms with Crippen LogP contribution in [0.2, 0.25) is 0 Å². The van der Waals surface area contributed by atoms with Crippen molar-refractivity contribution in [1.82, 2.24) is 25.4 Å². The molecule has 166 valence electrons. The topological polar surface area (TPSA) is 85.6 Å². The van der Waals surface area contributed by atoms with Crippen molar-refractivity contribution < 1.29 is 9.47 Å². The average molecular weight is 443 g/mol. The van der Waals surface area contributed by atoms with Gasteiger partial charge < -0.3 is 24.7 Å². The smallest absolute Gasteiger partial charge is 0.192 e. The van der Waals surface area contributed by atoms with Crippen molar-refractivity contribution in [3.05, 3.63) is 63.4 Å². The first-order valence-corrected chi connectivity index (χ1v) is 11.1. The van der Waals surface area contributed by atoms with Crippen molar-refractivity contribution in [2.24, 2.45) is 12.0 Å². The van der Waals surface area contributed by atoms with E-state index in [-0.39, 0.29) is 0 Å². The van der Waals surface area contributed by atoms with Crippen molar-refractivity contribution in [3.63, 3.8) is 0 Å². The quantitative estimate of drug-likeness (QED) is 0.285. The number of aromatic nitrogens is 3. The maximum absolute atomic E-state index is 5.90. The van der Waals surface area contributed by atoms with Crippen LogP contribution in [0.4, 0.5) is 0 Å². The minimum absolute atomic E-state index is 0.486. The zero-order valence-corrected chi connectivity index (χ0v) is 19.3. The number of benzene rings is 1. The molecule has 2 heterocycles. The summed E-state index contributed by atoms with van der Waals surface area (Å²) in [5.41, 5.74) is 2.17. The van der Waals surface area contributed by atoms with E-state index in [4.69, 9.17) is 14.5 Å². The second kappa shape index (κ2) is 11.5. The van der Waals surface area contributed by atoms with Crippen LogP contribution in [0.5, 0.6) is 5.75 Å².